The molecule has 0 atom stereocenters. The SMILES string of the molecule is COc1ccc(-c2cc(C(=O)O)nn2-c2ccc(C)cc2)cc1OC. The zero-order valence-corrected chi connectivity index (χ0v) is 14.2. The van der Waals surface area contributed by atoms with Crippen LogP contribution in [0.25, 0.3) is 16.9 Å². The summed E-state index contributed by atoms with van der Waals surface area (Å²) < 4.78 is 12.2. The Morgan fingerprint density at radius 1 is 1.00 bits per heavy atom. The largest absolute Gasteiger partial charge is 0.493 e. The van der Waals surface area contributed by atoms with Gasteiger partial charge in [-0.2, -0.15) is 5.10 Å². The van der Waals surface area contributed by atoms with Gasteiger partial charge < -0.3 is 14.6 Å². The van der Waals surface area contributed by atoms with Gasteiger partial charge in [0.05, 0.1) is 25.6 Å². The number of hydrogen-bond donors (Lipinski definition) is 1. The van der Waals surface area contributed by atoms with Crippen LogP contribution in [0.1, 0.15) is 16.1 Å². The van der Waals surface area contributed by atoms with Gasteiger partial charge in [-0.15, -0.1) is 0 Å². The lowest BCUT2D eigenvalue weighted by Crippen LogP contribution is -2.02. The van der Waals surface area contributed by atoms with Crippen LogP contribution in [0.2, 0.25) is 0 Å². The van der Waals surface area contributed by atoms with E-state index < -0.39 is 5.97 Å². The molecule has 0 amide bonds. The molecule has 0 aliphatic carbocycles. The van der Waals surface area contributed by atoms with E-state index in [0.717, 1.165) is 16.8 Å². The van der Waals surface area contributed by atoms with Crippen LogP contribution >= 0.6 is 0 Å². The van der Waals surface area contributed by atoms with Crippen molar-refractivity contribution in [1.29, 1.82) is 0 Å². The summed E-state index contributed by atoms with van der Waals surface area (Å²) >= 11 is 0. The van der Waals surface area contributed by atoms with Crippen LogP contribution in [0.4, 0.5) is 0 Å². The molecule has 3 rings (SSSR count). The predicted molar refractivity (Wildman–Crippen MR) is 93.8 cm³/mol. The maximum atomic E-state index is 11.4. The number of carboxylic acid groups (broad SMARTS) is 1. The summed E-state index contributed by atoms with van der Waals surface area (Å²) in [6.45, 7) is 1.99. The Bertz CT molecular complexity index is 914. The number of ether oxygens (including phenoxy) is 2. The fraction of sp³-hybridized carbons (Fsp3) is 0.158. The topological polar surface area (TPSA) is 73.6 Å². The van der Waals surface area contributed by atoms with Crippen molar-refractivity contribution in [3.63, 3.8) is 0 Å². The summed E-state index contributed by atoms with van der Waals surface area (Å²) in [7, 11) is 3.12. The van der Waals surface area contributed by atoms with Gasteiger partial charge in [0.1, 0.15) is 0 Å². The summed E-state index contributed by atoms with van der Waals surface area (Å²) in [5.41, 5.74) is 3.30. The highest BCUT2D eigenvalue weighted by molar-refractivity contribution is 5.87. The van der Waals surface area contributed by atoms with Gasteiger partial charge in [0, 0.05) is 5.56 Å². The molecule has 2 aromatic carbocycles. The number of nitrogens with zero attached hydrogens (tertiary/aromatic N) is 2. The van der Waals surface area contributed by atoms with E-state index in [-0.39, 0.29) is 5.69 Å². The van der Waals surface area contributed by atoms with Crippen LogP contribution in [-0.2, 0) is 0 Å². The number of aromatic carboxylic acids is 1. The summed E-state index contributed by atoms with van der Waals surface area (Å²) in [5.74, 6) is 0.0900. The Balaban J connectivity index is 2.18. The first kappa shape index (κ1) is 16.6. The van der Waals surface area contributed by atoms with Crippen molar-refractivity contribution in [3.05, 3.63) is 59.8 Å². The van der Waals surface area contributed by atoms with E-state index in [9.17, 15) is 9.90 Å². The van der Waals surface area contributed by atoms with Gasteiger partial charge in [-0.1, -0.05) is 17.7 Å². The second-order valence-corrected chi connectivity index (χ2v) is 5.54. The molecule has 0 saturated heterocycles. The molecule has 6 nitrogen and oxygen atoms in total. The third kappa shape index (κ3) is 3.19. The van der Waals surface area contributed by atoms with Crippen LogP contribution in [0.5, 0.6) is 11.5 Å². The molecule has 25 heavy (non-hydrogen) atoms. The molecule has 1 N–H and O–H groups in total. The van der Waals surface area contributed by atoms with Crippen molar-refractivity contribution >= 4 is 5.97 Å². The molecule has 0 spiro atoms. The highest BCUT2D eigenvalue weighted by Gasteiger charge is 2.17. The first-order valence-corrected chi connectivity index (χ1v) is 7.66. The van der Waals surface area contributed by atoms with E-state index in [4.69, 9.17) is 9.47 Å². The molecule has 6 heteroatoms. The van der Waals surface area contributed by atoms with Crippen LogP contribution in [-0.4, -0.2) is 35.1 Å². The molecule has 0 bridgehead atoms. The molecule has 1 heterocycles. The van der Waals surface area contributed by atoms with Gasteiger partial charge >= 0.3 is 5.97 Å². The van der Waals surface area contributed by atoms with Crippen molar-refractivity contribution in [2.75, 3.05) is 14.2 Å². The summed E-state index contributed by atoms with van der Waals surface area (Å²) in [6.07, 6.45) is 0. The van der Waals surface area contributed by atoms with E-state index >= 15 is 0 Å². The molecule has 1 aromatic heterocycles. The zero-order valence-electron chi connectivity index (χ0n) is 14.2. The minimum atomic E-state index is -1.08. The molecule has 128 valence electrons. The molecule has 3 aromatic rings. The smallest absolute Gasteiger partial charge is 0.356 e. The van der Waals surface area contributed by atoms with E-state index in [1.54, 1.807) is 37.1 Å². The summed E-state index contributed by atoms with van der Waals surface area (Å²) in [5, 5.41) is 13.6. The number of methoxy groups -OCH3 is 2. The Labute approximate surface area is 145 Å². The van der Waals surface area contributed by atoms with E-state index in [1.165, 1.54) is 0 Å². The molecule has 0 radical (unpaired) electrons. The number of aromatic nitrogens is 2. The second-order valence-electron chi connectivity index (χ2n) is 5.54. The average molecular weight is 338 g/mol. The number of carboxylic acids is 1. The Kier molecular flexibility index (Phi) is 4.43. The normalized spacial score (nSPS) is 10.5. The van der Waals surface area contributed by atoms with Gasteiger partial charge in [0.2, 0.25) is 0 Å². The lowest BCUT2D eigenvalue weighted by Gasteiger charge is -2.11. The van der Waals surface area contributed by atoms with E-state index in [0.29, 0.717) is 17.2 Å². The quantitative estimate of drug-likeness (QED) is 0.770. The van der Waals surface area contributed by atoms with Crippen molar-refractivity contribution in [3.8, 4) is 28.4 Å². The van der Waals surface area contributed by atoms with Crippen LogP contribution in [0.15, 0.2) is 48.5 Å². The maximum absolute atomic E-state index is 11.4. The molecule has 0 aliphatic rings. The minimum Gasteiger partial charge on any atom is -0.493 e. The van der Waals surface area contributed by atoms with Gasteiger partial charge in [-0.25, -0.2) is 9.48 Å². The maximum Gasteiger partial charge on any atom is 0.356 e. The van der Waals surface area contributed by atoms with Crippen molar-refractivity contribution < 1.29 is 19.4 Å². The second kappa shape index (κ2) is 6.68. The van der Waals surface area contributed by atoms with Gasteiger partial charge in [-0.05, 0) is 43.3 Å². The van der Waals surface area contributed by atoms with E-state index in [2.05, 4.69) is 5.10 Å². The molecule has 0 saturated carbocycles. The fourth-order valence-electron chi connectivity index (χ4n) is 2.57. The van der Waals surface area contributed by atoms with Crippen molar-refractivity contribution in [2.45, 2.75) is 6.92 Å². The Morgan fingerprint density at radius 2 is 1.68 bits per heavy atom. The molecule has 0 unspecified atom stereocenters. The average Bonchev–Trinajstić information content (AvgIpc) is 3.07. The fourth-order valence-corrected chi connectivity index (χ4v) is 2.57. The lowest BCUT2D eigenvalue weighted by atomic mass is 10.1. The van der Waals surface area contributed by atoms with E-state index in [1.807, 2.05) is 37.3 Å². The monoisotopic (exact) mass is 338 g/mol. The standard InChI is InChI=1S/C19H18N2O4/c1-12-4-7-14(8-5-12)21-16(11-15(20-21)19(22)23)13-6-9-17(24-2)18(10-13)25-3/h4-11H,1-3H3,(H,22,23). The Morgan fingerprint density at radius 3 is 2.28 bits per heavy atom. The molecule has 0 fully saturated rings. The number of rotatable bonds is 5. The first-order valence-electron chi connectivity index (χ1n) is 7.66. The molecular weight excluding hydrogens is 320 g/mol. The van der Waals surface area contributed by atoms with Crippen molar-refractivity contribution in [1.82, 2.24) is 9.78 Å². The number of carbonyl (C=O) groups is 1. The number of hydrogen-bond acceptors (Lipinski definition) is 4. The zero-order chi connectivity index (χ0) is 18.0. The highest BCUT2D eigenvalue weighted by atomic mass is 16.5. The van der Waals surface area contributed by atoms with Crippen LogP contribution in [0, 0.1) is 6.92 Å². The Hall–Kier alpha value is -3.28. The van der Waals surface area contributed by atoms with Crippen LogP contribution < -0.4 is 9.47 Å². The highest BCUT2D eigenvalue weighted by Crippen LogP contribution is 2.33. The van der Waals surface area contributed by atoms with Gasteiger partial charge in [0.25, 0.3) is 0 Å². The number of aryl methyl sites for hydroxylation is 1. The summed E-state index contributed by atoms with van der Waals surface area (Å²) in [4.78, 5) is 11.4. The van der Waals surface area contributed by atoms with Gasteiger partial charge in [-0.3, -0.25) is 0 Å². The molecule has 0 aliphatic heterocycles. The van der Waals surface area contributed by atoms with Crippen LogP contribution in [0.3, 0.4) is 0 Å². The third-order valence-corrected chi connectivity index (χ3v) is 3.89. The summed E-state index contributed by atoms with van der Waals surface area (Å²) in [6, 6.07) is 14.7. The minimum absolute atomic E-state index is 0.0228. The molecular formula is C19H18N2O4. The third-order valence-electron chi connectivity index (χ3n) is 3.89. The first-order chi connectivity index (χ1) is 12.0. The van der Waals surface area contributed by atoms with Crippen molar-refractivity contribution in [2.24, 2.45) is 0 Å². The predicted octanol–water partition coefficient (Wildman–Crippen LogP) is 3.56. The lowest BCUT2D eigenvalue weighted by molar-refractivity contribution is 0.0690. The number of benzene rings is 2. The van der Waals surface area contributed by atoms with Gasteiger partial charge in [0.15, 0.2) is 17.2 Å².